The number of methoxy groups -OCH3 is 1. The molecule has 0 amide bonds. The number of hydrogen-bond donors (Lipinski definition) is 0. The topological polar surface area (TPSA) is 22.1 Å². The molecule has 0 aliphatic rings. The molecule has 11 heavy (non-hydrogen) atoms. The molecule has 0 fully saturated rings. The Hall–Kier alpha value is -0.700. The number of pyridine rings is 1. The molecule has 1 heterocycles. The fraction of sp³-hybridized carbons (Fsp3) is 0.375. The van der Waals surface area contributed by atoms with E-state index in [0.717, 1.165) is 11.4 Å². The molecule has 0 aliphatic heterocycles. The van der Waals surface area contributed by atoms with Crippen LogP contribution in [-0.2, 0) is 0 Å². The molecule has 1 rings (SSSR count). The first-order chi connectivity index (χ1) is 5.29. The summed E-state index contributed by atoms with van der Waals surface area (Å²) in [7, 11) is 1.64. The van der Waals surface area contributed by atoms with Gasteiger partial charge in [-0.3, -0.25) is 0 Å². The van der Waals surface area contributed by atoms with E-state index in [0.29, 0.717) is 0 Å². The molecular weight excluding hydrogens is 158 g/mol. The average Bonchev–Trinajstić information content (AvgIpc) is 2.05. The van der Waals surface area contributed by atoms with Gasteiger partial charge >= 0.3 is 0 Å². The molecule has 0 saturated carbocycles. The second-order valence-electron chi connectivity index (χ2n) is 2.15. The van der Waals surface area contributed by atoms with Gasteiger partial charge in [0.25, 0.3) is 0 Å². The summed E-state index contributed by atoms with van der Waals surface area (Å²) in [4.78, 5) is 5.29. The van der Waals surface area contributed by atoms with Gasteiger partial charge in [0.15, 0.2) is 0 Å². The van der Waals surface area contributed by atoms with Gasteiger partial charge in [-0.25, -0.2) is 4.98 Å². The summed E-state index contributed by atoms with van der Waals surface area (Å²) in [5, 5.41) is 0. The molecule has 0 aliphatic carbocycles. The molecule has 0 saturated heterocycles. The Labute approximate surface area is 71.0 Å². The normalized spacial score (nSPS) is 9.73. The first-order valence-corrected chi connectivity index (χ1v) is 4.55. The molecule has 2 nitrogen and oxygen atoms in total. The Kier molecular flexibility index (Phi) is 2.76. The van der Waals surface area contributed by atoms with Gasteiger partial charge in [0, 0.05) is 16.7 Å². The summed E-state index contributed by atoms with van der Waals surface area (Å²) in [5.74, 6) is 0.719. The van der Waals surface area contributed by atoms with Crippen molar-refractivity contribution in [2.75, 3.05) is 13.4 Å². The van der Waals surface area contributed by atoms with Gasteiger partial charge in [-0.15, -0.1) is 11.8 Å². The molecular formula is C8H11NOS. The maximum atomic E-state index is 5.06. The maximum Gasteiger partial charge on any atom is 0.217 e. The van der Waals surface area contributed by atoms with E-state index in [1.807, 2.05) is 19.2 Å². The fourth-order valence-corrected chi connectivity index (χ4v) is 1.52. The predicted molar refractivity (Wildman–Crippen MR) is 47.3 cm³/mol. The van der Waals surface area contributed by atoms with Crippen LogP contribution in [-0.4, -0.2) is 18.3 Å². The van der Waals surface area contributed by atoms with Crippen LogP contribution >= 0.6 is 11.8 Å². The summed E-state index contributed by atoms with van der Waals surface area (Å²) in [6, 6.07) is 1.99. The Bertz CT molecular complexity index is 228. The van der Waals surface area contributed by atoms with E-state index in [9.17, 15) is 0 Å². The summed E-state index contributed by atoms with van der Waals surface area (Å²) in [6.07, 6.45) is 3.80. The van der Waals surface area contributed by atoms with Crippen molar-refractivity contribution in [3.63, 3.8) is 0 Å². The van der Waals surface area contributed by atoms with Crippen molar-refractivity contribution < 1.29 is 4.74 Å². The van der Waals surface area contributed by atoms with E-state index in [2.05, 4.69) is 4.98 Å². The number of rotatable bonds is 2. The van der Waals surface area contributed by atoms with Crippen molar-refractivity contribution in [3.8, 4) is 5.88 Å². The van der Waals surface area contributed by atoms with Gasteiger partial charge in [0.1, 0.15) is 0 Å². The Morgan fingerprint density at radius 3 is 2.82 bits per heavy atom. The lowest BCUT2D eigenvalue weighted by Crippen LogP contribution is -1.91. The number of thioether (sulfide) groups is 1. The van der Waals surface area contributed by atoms with Gasteiger partial charge in [-0.2, -0.15) is 0 Å². The van der Waals surface area contributed by atoms with Crippen molar-refractivity contribution in [2.45, 2.75) is 11.8 Å². The average molecular weight is 169 g/mol. The van der Waals surface area contributed by atoms with Gasteiger partial charge in [-0.1, -0.05) is 0 Å². The Morgan fingerprint density at radius 2 is 2.27 bits per heavy atom. The molecule has 0 unspecified atom stereocenters. The monoisotopic (exact) mass is 169 g/mol. The maximum absolute atomic E-state index is 5.06. The molecule has 3 heteroatoms. The first-order valence-electron chi connectivity index (χ1n) is 3.33. The van der Waals surface area contributed by atoms with Gasteiger partial charge in [0.2, 0.25) is 5.88 Å². The van der Waals surface area contributed by atoms with E-state index in [1.54, 1.807) is 25.1 Å². The second kappa shape index (κ2) is 3.62. The molecule has 1 aromatic rings. The van der Waals surface area contributed by atoms with E-state index >= 15 is 0 Å². The van der Waals surface area contributed by atoms with Gasteiger partial charge < -0.3 is 4.74 Å². The lowest BCUT2D eigenvalue weighted by atomic mass is 10.3. The van der Waals surface area contributed by atoms with Crippen molar-refractivity contribution in [2.24, 2.45) is 0 Å². The largest absolute Gasteiger partial charge is 0.481 e. The Morgan fingerprint density at radius 1 is 1.55 bits per heavy atom. The molecule has 0 bridgehead atoms. The lowest BCUT2D eigenvalue weighted by molar-refractivity contribution is 0.393. The van der Waals surface area contributed by atoms with E-state index in [1.165, 1.54) is 4.90 Å². The molecule has 1 aromatic heterocycles. The highest BCUT2D eigenvalue weighted by Crippen LogP contribution is 2.24. The van der Waals surface area contributed by atoms with Crippen LogP contribution in [0.2, 0.25) is 0 Å². The standard InChI is InChI=1S/C8H11NOS/c1-6-7(11-3)4-5-9-8(6)10-2/h4-5H,1-3H3. The van der Waals surface area contributed by atoms with Crippen LogP contribution in [0.3, 0.4) is 0 Å². The Balaban J connectivity index is 3.10. The van der Waals surface area contributed by atoms with Gasteiger partial charge in [0.05, 0.1) is 7.11 Å². The zero-order valence-corrected chi connectivity index (χ0v) is 7.73. The highest BCUT2D eigenvalue weighted by Gasteiger charge is 2.02. The minimum atomic E-state index is 0.719. The lowest BCUT2D eigenvalue weighted by Gasteiger charge is -2.05. The molecule has 0 aromatic carbocycles. The van der Waals surface area contributed by atoms with Crippen LogP contribution in [0.1, 0.15) is 5.56 Å². The predicted octanol–water partition coefficient (Wildman–Crippen LogP) is 2.12. The highest BCUT2D eigenvalue weighted by molar-refractivity contribution is 7.98. The first kappa shape index (κ1) is 8.40. The number of ether oxygens (including phenoxy) is 1. The SMILES string of the molecule is COc1nccc(SC)c1C. The molecule has 0 N–H and O–H groups in total. The van der Waals surface area contributed by atoms with Gasteiger partial charge in [-0.05, 0) is 19.2 Å². The van der Waals surface area contributed by atoms with Crippen LogP contribution in [0.4, 0.5) is 0 Å². The van der Waals surface area contributed by atoms with Crippen molar-refractivity contribution in [1.29, 1.82) is 0 Å². The number of aromatic nitrogens is 1. The molecule has 60 valence electrons. The third-order valence-corrected chi connectivity index (χ3v) is 2.40. The smallest absolute Gasteiger partial charge is 0.217 e. The fourth-order valence-electron chi connectivity index (χ4n) is 0.927. The highest BCUT2D eigenvalue weighted by atomic mass is 32.2. The third kappa shape index (κ3) is 1.66. The minimum Gasteiger partial charge on any atom is -0.481 e. The molecule has 0 spiro atoms. The van der Waals surface area contributed by atoms with Crippen LogP contribution in [0, 0.1) is 6.92 Å². The summed E-state index contributed by atoms with van der Waals surface area (Å²) >= 11 is 1.70. The number of nitrogens with zero attached hydrogens (tertiary/aromatic N) is 1. The zero-order valence-electron chi connectivity index (χ0n) is 6.92. The third-order valence-electron chi connectivity index (χ3n) is 1.52. The van der Waals surface area contributed by atoms with Crippen LogP contribution in [0.25, 0.3) is 0 Å². The van der Waals surface area contributed by atoms with Crippen molar-refractivity contribution >= 4 is 11.8 Å². The second-order valence-corrected chi connectivity index (χ2v) is 3.00. The quantitative estimate of drug-likeness (QED) is 0.633. The summed E-state index contributed by atoms with van der Waals surface area (Å²) in [6.45, 7) is 2.01. The van der Waals surface area contributed by atoms with E-state index < -0.39 is 0 Å². The van der Waals surface area contributed by atoms with Crippen LogP contribution in [0.15, 0.2) is 17.2 Å². The zero-order chi connectivity index (χ0) is 8.27. The molecule has 0 radical (unpaired) electrons. The van der Waals surface area contributed by atoms with Crippen LogP contribution < -0.4 is 4.74 Å². The van der Waals surface area contributed by atoms with E-state index in [4.69, 9.17) is 4.74 Å². The van der Waals surface area contributed by atoms with Crippen molar-refractivity contribution in [3.05, 3.63) is 17.8 Å². The van der Waals surface area contributed by atoms with Crippen molar-refractivity contribution in [1.82, 2.24) is 4.98 Å². The molecule has 0 atom stereocenters. The summed E-state index contributed by atoms with van der Waals surface area (Å²) < 4.78 is 5.06. The number of hydrogen-bond acceptors (Lipinski definition) is 3. The van der Waals surface area contributed by atoms with Crippen LogP contribution in [0.5, 0.6) is 5.88 Å². The minimum absolute atomic E-state index is 0.719. The van der Waals surface area contributed by atoms with E-state index in [-0.39, 0.29) is 0 Å². The summed E-state index contributed by atoms with van der Waals surface area (Å²) in [5.41, 5.74) is 1.11.